The highest BCUT2D eigenvalue weighted by Gasteiger charge is 2.07. The van der Waals surface area contributed by atoms with Gasteiger partial charge in [-0.25, -0.2) is 4.98 Å². The van der Waals surface area contributed by atoms with Gasteiger partial charge in [0, 0.05) is 12.4 Å². The summed E-state index contributed by atoms with van der Waals surface area (Å²) in [6, 6.07) is 11.8. The third-order valence-corrected chi connectivity index (χ3v) is 3.71. The summed E-state index contributed by atoms with van der Waals surface area (Å²) in [4.78, 5) is 4.50. The van der Waals surface area contributed by atoms with Crippen LogP contribution in [0.5, 0.6) is 5.75 Å². The average molecular weight is 301 g/mol. The number of pyridine rings is 1. The van der Waals surface area contributed by atoms with Crippen molar-refractivity contribution < 1.29 is 4.74 Å². The predicted octanol–water partition coefficient (Wildman–Crippen LogP) is 4.69. The molecule has 3 rings (SSSR count). The second kappa shape index (κ2) is 5.78. The molecule has 0 saturated heterocycles. The Morgan fingerprint density at radius 3 is 2.81 bits per heavy atom. The van der Waals surface area contributed by atoms with Crippen molar-refractivity contribution in [2.75, 3.05) is 0 Å². The maximum absolute atomic E-state index is 6.27. The summed E-state index contributed by atoms with van der Waals surface area (Å²) in [6.45, 7) is 4.69. The zero-order valence-corrected chi connectivity index (χ0v) is 12.8. The van der Waals surface area contributed by atoms with Crippen molar-refractivity contribution in [3.63, 3.8) is 0 Å². The molecule has 0 aliphatic rings. The van der Waals surface area contributed by atoms with E-state index in [0.717, 1.165) is 11.3 Å². The Hall–Kier alpha value is -2.00. The monoisotopic (exact) mass is 300 g/mol. The molecule has 21 heavy (non-hydrogen) atoms. The van der Waals surface area contributed by atoms with Gasteiger partial charge in [-0.2, -0.15) is 0 Å². The van der Waals surface area contributed by atoms with E-state index in [0.29, 0.717) is 23.3 Å². The summed E-state index contributed by atoms with van der Waals surface area (Å²) in [5.41, 5.74) is 3.00. The van der Waals surface area contributed by atoms with Crippen LogP contribution >= 0.6 is 11.6 Å². The van der Waals surface area contributed by atoms with Crippen LogP contribution in [0.3, 0.4) is 0 Å². The van der Waals surface area contributed by atoms with E-state index in [1.54, 1.807) is 0 Å². The number of ether oxygens (including phenoxy) is 1. The summed E-state index contributed by atoms with van der Waals surface area (Å²) in [7, 11) is 0. The lowest BCUT2D eigenvalue weighted by Crippen LogP contribution is -1.97. The molecule has 0 fully saturated rings. The summed E-state index contributed by atoms with van der Waals surface area (Å²) in [5.74, 6) is 1.15. The van der Waals surface area contributed by atoms with Crippen molar-refractivity contribution in [2.24, 2.45) is 0 Å². The van der Waals surface area contributed by atoms with Crippen LogP contribution in [0, 0.1) is 0 Å². The van der Waals surface area contributed by atoms with E-state index < -0.39 is 0 Å². The van der Waals surface area contributed by atoms with E-state index in [-0.39, 0.29) is 0 Å². The molecule has 2 aromatic heterocycles. The Bertz CT molecular complexity index is 731. The first-order valence-electron chi connectivity index (χ1n) is 6.98. The van der Waals surface area contributed by atoms with Gasteiger partial charge in [0.1, 0.15) is 18.0 Å². The van der Waals surface area contributed by atoms with Gasteiger partial charge < -0.3 is 9.14 Å². The molecule has 108 valence electrons. The van der Waals surface area contributed by atoms with E-state index in [9.17, 15) is 0 Å². The first-order valence-corrected chi connectivity index (χ1v) is 7.36. The normalized spacial score (nSPS) is 11.2. The third-order valence-electron chi connectivity index (χ3n) is 3.41. The highest BCUT2D eigenvalue weighted by molar-refractivity contribution is 6.32. The highest BCUT2D eigenvalue weighted by atomic mass is 35.5. The van der Waals surface area contributed by atoms with Crippen LogP contribution in [-0.2, 0) is 6.61 Å². The molecule has 0 atom stereocenters. The first-order chi connectivity index (χ1) is 10.1. The summed E-state index contributed by atoms with van der Waals surface area (Å²) in [6.07, 6.45) is 3.93. The van der Waals surface area contributed by atoms with Gasteiger partial charge >= 0.3 is 0 Å². The number of halogens is 1. The lowest BCUT2D eigenvalue weighted by atomic mass is 10.0. The van der Waals surface area contributed by atoms with Crippen molar-refractivity contribution in [2.45, 2.75) is 26.4 Å². The molecule has 0 aliphatic heterocycles. The molecule has 0 radical (unpaired) electrons. The molecule has 0 saturated carbocycles. The largest absolute Gasteiger partial charge is 0.486 e. The lowest BCUT2D eigenvalue weighted by Gasteiger charge is -2.10. The second-order valence-corrected chi connectivity index (χ2v) is 5.74. The van der Waals surface area contributed by atoms with Gasteiger partial charge in [-0.05, 0) is 35.7 Å². The quantitative estimate of drug-likeness (QED) is 0.699. The summed E-state index contributed by atoms with van der Waals surface area (Å²) >= 11 is 6.27. The van der Waals surface area contributed by atoms with E-state index in [4.69, 9.17) is 16.3 Å². The van der Waals surface area contributed by atoms with Crippen LogP contribution in [0.1, 0.15) is 31.0 Å². The number of rotatable bonds is 4. The second-order valence-electron chi connectivity index (χ2n) is 5.33. The molecule has 0 aliphatic carbocycles. The Kier molecular flexibility index (Phi) is 3.84. The minimum absolute atomic E-state index is 0.405. The fourth-order valence-electron chi connectivity index (χ4n) is 2.20. The zero-order valence-electron chi connectivity index (χ0n) is 12.1. The Morgan fingerprint density at radius 1 is 1.24 bits per heavy atom. The smallest absolute Gasteiger partial charge is 0.138 e. The molecule has 0 bridgehead atoms. The van der Waals surface area contributed by atoms with Crippen LogP contribution < -0.4 is 4.74 Å². The van der Waals surface area contributed by atoms with Gasteiger partial charge in [0.15, 0.2) is 0 Å². The van der Waals surface area contributed by atoms with Gasteiger partial charge in [-0.1, -0.05) is 37.6 Å². The first kappa shape index (κ1) is 14.0. The Morgan fingerprint density at radius 2 is 2.10 bits per heavy atom. The predicted molar refractivity (Wildman–Crippen MR) is 85.1 cm³/mol. The minimum Gasteiger partial charge on any atom is -0.486 e. The van der Waals surface area contributed by atoms with Crippen LogP contribution in [0.25, 0.3) is 5.65 Å². The average Bonchev–Trinajstić information content (AvgIpc) is 2.88. The van der Waals surface area contributed by atoms with Crippen molar-refractivity contribution >= 4 is 17.2 Å². The number of imidazole rings is 1. The van der Waals surface area contributed by atoms with Gasteiger partial charge in [-0.3, -0.25) is 0 Å². The van der Waals surface area contributed by atoms with Gasteiger partial charge in [0.2, 0.25) is 0 Å². The molecule has 0 unspecified atom stereocenters. The number of hydrogen-bond donors (Lipinski definition) is 0. The van der Waals surface area contributed by atoms with Crippen LogP contribution in [0.4, 0.5) is 0 Å². The number of fused-ring (bicyclic) bond motifs is 1. The topological polar surface area (TPSA) is 26.5 Å². The summed E-state index contributed by atoms with van der Waals surface area (Å²) in [5, 5.41) is 0.643. The van der Waals surface area contributed by atoms with E-state index in [2.05, 4.69) is 24.9 Å². The van der Waals surface area contributed by atoms with Crippen molar-refractivity contribution in [1.82, 2.24) is 9.38 Å². The molecule has 3 nitrogen and oxygen atoms in total. The maximum Gasteiger partial charge on any atom is 0.138 e. The van der Waals surface area contributed by atoms with Crippen LogP contribution in [-0.4, -0.2) is 9.38 Å². The van der Waals surface area contributed by atoms with Gasteiger partial charge in [0.25, 0.3) is 0 Å². The third kappa shape index (κ3) is 3.03. The van der Waals surface area contributed by atoms with Crippen molar-refractivity contribution in [1.29, 1.82) is 0 Å². The molecule has 0 spiro atoms. The molecular weight excluding hydrogens is 284 g/mol. The van der Waals surface area contributed by atoms with Crippen molar-refractivity contribution in [3.8, 4) is 5.75 Å². The fraction of sp³-hybridized carbons (Fsp3) is 0.235. The molecule has 0 N–H and O–H groups in total. The molecule has 2 heterocycles. The van der Waals surface area contributed by atoms with Gasteiger partial charge in [0.05, 0.1) is 10.7 Å². The molecule has 1 aromatic carbocycles. The molecule has 4 heteroatoms. The zero-order chi connectivity index (χ0) is 14.8. The highest BCUT2D eigenvalue weighted by Crippen LogP contribution is 2.29. The van der Waals surface area contributed by atoms with Gasteiger partial charge in [-0.15, -0.1) is 0 Å². The number of nitrogens with zero attached hydrogens (tertiary/aromatic N) is 2. The maximum atomic E-state index is 6.27. The van der Waals surface area contributed by atoms with Crippen LogP contribution in [0.2, 0.25) is 5.02 Å². The molecule has 3 aromatic rings. The minimum atomic E-state index is 0.405. The number of hydrogen-bond acceptors (Lipinski definition) is 2. The Balaban J connectivity index is 1.75. The van der Waals surface area contributed by atoms with Crippen LogP contribution in [0.15, 0.2) is 48.8 Å². The standard InChI is InChI=1S/C17H17ClN2O/c1-12(2)13-6-7-16(15(18)9-13)21-11-14-10-20-8-4-3-5-17(20)19-14/h3-10,12H,11H2,1-2H3. The molecular formula is C17H17ClN2O. The fourth-order valence-corrected chi connectivity index (χ4v) is 2.45. The summed E-state index contributed by atoms with van der Waals surface area (Å²) < 4.78 is 7.75. The number of benzene rings is 1. The Labute approximate surface area is 129 Å². The van der Waals surface area contributed by atoms with E-state index in [1.807, 2.05) is 47.1 Å². The SMILES string of the molecule is CC(C)c1ccc(OCc2cn3ccccc3n2)c(Cl)c1. The number of aromatic nitrogens is 2. The van der Waals surface area contributed by atoms with E-state index in [1.165, 1.54) is 5.56 Å². The van der Waals surface area contributed by atoms with E-state index >= 15 is 0 Å². The van der Waals surface area contributed by atoms with Crippen molar-refractivity contribution in [3.05, 3.63) is 65.1 Å². The molecule has 0 amide bonds. The lowest BCUT2D eigenvalue weighted by molar-refractivity contribution is 0.302.